The van der Waals surface area contributed by atoms with Gasteiger partial charge in [0.05, 0.1) is 22.1 Å². The summed E-state index contributed by atoms with van der Waals surface area (Å²) >= 11 is 12.4. The summed E-state index contributed by atoms with van der Waals surface area (Å²) in [5.74, 6) is -0.721. The molecule has 118 valence electrons. The molecule has 0 fully saturated rings. The number of nitrogens with zero attached hydrogens (tertiary/aromatic N) is 3. The zero-order valence-corrected chi connectivity index (χ0v) is 13.3. The molecule has 0 radical (unpaired) electrons. The number of nitrogens with one attached hydrogen (secondary N) is 1. The molecule has 0 unspecified atom stereocenters. The van der Waals surface area contributed by atoms with Crippen molar-refractivity contribution in [2.75, 3.05) is 0 Å². The van der Waals surface area contributed by atoms with Crippen molar-refractivity contribution in [1.82, 2.24) is 19.7 Å². The number of benzene rings is 1. The average Bonchev–Trinajstić information content (AvgIpc) is 2.89. The van der Waals surface area contributed by atoms with Crippen LogP contribution in [0.25, 0.3) is 10.9 Å². The molecule has 23 heavy (non-hydrogen) atoms. The number of fused-ring (bicyclic) bond motifs is 1. The summed E-state index contributed by atoms with van der Waals surface area (Å²) in [5.41, 5.74) is -0.117. The number of carbonyl (C=O) groups is 1. The lowest BCUT2D eigenvalue weighted by Gasteiger charge is -2.11. The standard InChI is InChI=1S/C14H10Cl2N4O3/c1-6-17-5-20(19-6)4-9-11(16)10(15)3-7-2-8(14(22)23)13(21)18-12(7)9/h2-3,5H,4H2,1H3,(H,18,21)(H,22,23). The van der Waals surface area contributed by atoms with Crippen molar-refractivity contribution in [3.05, 3.63) is 55.8 Å². The molecule has 0 aliphatic carbocycles. The first-order valence-corrected chi connectivity index (χ1v) is 7.25. The molecule has 0 atom stereocenters. The molecule has 0 saturated heterocycles. The minimum Gasteiger partial charge on any atom is -0.477 e. The van der Waals surface area contributed by atoms with Crippen molar-refractivity contribution in [1.29, 1.82) is 0 Å². The smallest absolute Gasteiger partial charge is 0.341 e. The Kier molecular flexibility index (Phi) is 3.83. The fourth-order valence-electron chi connectivity index (χ4n) is 2.30. The lowest BCUT2D eigenvalue weighted by atomic mass is 10.1. The van der Waals surface area contributed by atoms with Crippen LogP contribution in [-0.2, 0) is 6.54 Å². The third-order valence-corrected chi connectivity index (χ3v) is 4.16. The highest BCUT2D eigenvalue weighted by Gasteiger charge is 2.17. The second-order valence-corrected chi connectivity index (χ2v) is 5.71. The average molecular weight is 353 g/mol. The Morgan fingerprint density at radius 2 is 2.13 bits per heavy atom. The number of halogens is 2. The molecule has 2 N–H and O–H groups in total. The van der Waals surface area contributed by atoms with E-state index in [9.17, 15) is 9.59 Å². The molecule has 3 rings (SSSR count). The highest BCUT2D eigenvalue weighted by molar-refractivity contribution is 6.43. The topological polar surface area (TPSA) is 101 Å². The van der Waals surface area contributed by atoms with Gasteiger partial charge in [0.2, 0.25) is 0 Å². The molecule has 7 nitrogen and oxygen atoms in total. The van der Waals surface area contributed by atoms with Crippen LogP contribution >= 0.6 is 23.2 Å². The predicted octanol–water partition coefficient (Wildman–Crippen LogP) is 2.48. The van der Waals surface area contributed by atoms with Gasteiger partial charge >= 0.3 is 5.97 Å². The summed E-state index contributed by atoms with van der Waals surface area (Å²) in [4.78, 5) is 29.6. The lowest BCUT2D eigenvalue weighted by molar-refractivity contribution is 0.0695. The number of aromatic amines is 1. The van der Waals surface area contributed by atoms with Gasteiger partial charge in [0.25, 0.3) is 5.56 Å². The quantitative estimate of drug-likeness (QED) is 0.753. The Labute approximate surface area is 139 Å². The number of aromatic nitrogens is 4. The summed E-state index contributed by atoms with van der Waals surface area (Å²) in [6.07, 6.45) is 1.53. The van der Waals surface area contributed by atoms with E-state index in [0.717, 1.165) is 0 Å². The molecule has 0 spiro atoms. The van der Waals surface area contributed by atoms with Crippen molar-refractivity contribution in [2.24, 2.45) is 0 Å². The number of aromatic carboxylic acids is 1. The zero-order chi connectivity index (χ0) is 16.7. The minimum absolute atomic E-state index is 0.235. The number of rotatable bonds is 3. The Morgan fingerprint density at radius 3 is 2.74 bits per heavy atom. The molecular weight excluding hydrogens is 343 g/mol. The van der Waals surface area contributed by atoms with Crippen LogP contribution in [0.2, 0.25) is 10.0 Å². The lowest BCUT2D eigenvalue weighted by Crippen LogP contribution is -2.18. The van der Waals surface area contributed by atoms with E-state index in [0.29, 0.717) is 22.3 Å². The highest BCUT2D eigenvalue weighted by Crippen LogP contribution is 2.32. The zero-order valence-electron chi connectivity index (χ0n) is 11.8. The largest absolute Gasteiger partial charge is 0.477 e. The molecule has 0 aliphatic heterocycles. The first-order chi connectivity index (χ1) is 10.9. The molecule has 0 aliphatic rings. The van der Waals surface area contributed by atoms with Gasteiger partial charge < -0.3 is 10.1 Å². The van der Waals surface area contributed by atoms with Gasteiger partial charge in [0.15, 0.2) is 0 Å². The number of pyridine rings is 1. The van der Waals surface area contributed by atoms with Gasteiger partial charge in [0, 0.05) is 10.9 Å². The maximum absolute atomic E-state index is 11.9. The van der Waals surface area contributed by atoms with Crippen molar-refractivity contribution in [3.8, 4) is 0 Å². The number of hydrogen-bond donors (Lipinski definition) is 2. The van der Waals surface area contributed by atoms with Gasteiger partial charge in [-0.2, -0.15) is 5.10 Å². The number of carboxylic acid groups (broad SMARTS) is 1. The van der Waals surface area contributed by atoms with Crippen molar-refractivity contribution >= 4 is 40.1 Å². The van der Waals surface area contributed by atoms with Crippen LogP contribution in [0.5, 0.6) is 0 Å². The molecular formula is C14H10Cl2N4O3. The number of hydrogen-bond acceptors (Lipinski definition) is 4. The summed E-state index contributed by atoms with van der Waals surface area (Å²) in [7, 11) is 0. The van der Waals surface area contributed by atoms with Crippen LogP contribution in [0, 0.1) is 6.92 Å². The van der Waals surface area contributed by atoms with E-state index in [1.165, 1.54) is 18.5 Å². The molecule has 1 aromatic carbocycles. The number of aryl methyl sites for hydroxylation is 1. The third-order valence-electron chi connectivity index (χ3n) is 3.33. The second kappa shape index (κ2) is 5.68. The van der Waals surface area contributed by atoms with Crippen LogP contribution in [0.15, 0.2) is 23.3 Å². The van der Waals surface area contributed by atoms with E-state index in [1.807, 2.05) is 0 Å². The minimum atomic E-state index is -1.31. The van der Waals surface area contributed by atoms with Gasteiger partial charge in [-0.05, 0) is 19.1 Å². The summed E-state index contributed by atoms with van der Waals surface area (Å²) < 4.78 is 1.55. The van der Waals surface area contributed by atoms with Gasteiger partial charge in [0.1, 0.15) is 17.7 Å². The van der Waals surface area contributed by atoms with Crippen molar-refractivity contribution in [3.63, 3.8) is 0 Å². The number of H-pyrrole nitrogens is 1. The summed E-state index contributed by atoms with van der Waals surface area (Å²) in [5, 5.41) is 14.2. The van der Waals surface area contributed by atoms with Crippen LogP contribution in [-0.4, -0.2) is 30.8 Å². The van der Waals surface area contributed by atoms with Crippen LogP contribution < -0.4 is 5.56 Å². The third kappa shape index (κ3) is 2.80. The maximum Gasteiger partial charge on any atom is 0.341 e. The van der Waals surface area contributed by atoms with Crippen molar-refractivity contribution < 1.29 is 9.90 Å². The molecule has 9 heteroatoms. The fourth-order valence-corrected chi connectivity index (χ4v) is 2.74. The van der Waals surface area contributed by atoms with Crippen LogP contribution in [0.4, 0.5) is 0 Å². The van der Waals surface area contributed by atoms with Crippen LogP contribution in [0.1, 0.15) is 21.7 Å². The predicted molar refractivity (Wildman–Crippen MR) is 85.4 cm³/mol. The van der Waals surface area contributed by atoms with Gasteiger partial charge in [-0.3, -0.25) is 4.79 Å². The highest BCUT2D eigenvalue weighted by atomic mass is 35.5. The van der Waals surface area contributed by atoms with E-state index in [1.54, 1.807) is 11.6 Å². The molecule has 3 aromatic rings. The monoisotopic (exact) mass is 352 g/mol. The number of carboxylic acids is 1. The SMILES string of the molecule is Cc1ncn(Cc2c(Cl)c(Cl)cc3cc(C(=O)O)c(=O)[nH]c23)n1. The van der Waals surface area contributed by atoms with E-state index in [2.05, 4.69) is 15.1 Å². The molecule has 0 saturated carbocycles. The van der Waals surface area contributed by atoms with E-state index < -0.39 is 11.5 Å². The van der Waals surface area contributed by atoms with Crippen molar-refractivity contribution in [2.45, 2.75) is 13.5 Å². The first-order valence-electron chi connectivity index (χ1n) is 6.50. The van der Waals surface area contributed by atoms with Gasteiger partial charge in [-0.25, -0.2) is 14.5 Å². The Balaban J connectivity index is 2.26. The fraction of sp³-hybridized carbons (Fsp3) is 0.143. The van der Waals surface area contributed by atoms with Gasteiger partial charge in [-0.1, -0.05) is 23.2 Å². The first kappa shape index (κ1) is 15.5. The second-order valence-electron chi connectivity index (χ2n) is 4.92. The molecule has 0 bridgehead atoms. The molecule has 0 amide bonds. The Bertz CT molecular complexity index is 994. The van der Waals surface area contributed by atoms with Gasteiger partial charge in [-0.15, -0.1) is 0 Å². The van der Waals surface area contributed by atoms with E-state index in [-0.39, 0.29) is 22.2 Å². The van der Waals surface area contributed by atoms with Crippen LogP contribution in [0.3, 0.4) is 0 Å². The molecule has 2 aromatic heterocycles. The van der Waals surface area contributed by atoms with E-state index in [4.69, 9.17) is 28.3 Å². The summed E-state index contributed by atoms with van der Waals surface area (Å²) in [6.45, 7) is 1.98. The maximum atomic E-state index is 11.9. The Hall–Kier alpha value is -2.38. The Morgan fingerprint density at radius 1 is 1.39 bits per heavy atom. The van der Waals surface area contributed by atoms with E-state index >= 15 is 0 Å². The normalized spacial score (nSPS) is 11.1. The summed E-state index contributed by atoms with van der Waals surface area (Å²) in [6, 6.07) is 2.78. The molecule has 2 heterocycles.